The Hall–Kier alpha value is -0.870. The maximum atomic E-state index is 9.09. The zero-order chi connectivity index (χ0) is 11.5. The van der Waals surface area contributed by atoms with Gasteiger partial charge in [0.25, 0.3) is 0 Å². The molecule has 1 aromatic rings. The molecule has 0 spiro atoms. The lowest BCUT2D eigenvalue weighted by Gasteiger charge is -2.24. The van der Waals surface area contributed by atoms with Gasteiger partial charge < -0.3 is 10.0 Å². The van der Waals surface area contributed by atoms with Gasteiger partial charge in [-0.3, -0.25) is 0 Å². The van der Waals surface area contributed by atoms with E-state index in [0.29, 0.717) is 17.7 Å². The summed E-state index contributed by atoms with van der Waals surface area (Å²) in [5.41, 5.74) is 0.976. The molecule has 4 nitrogen and oxygen atoms in total. The molecule has 88 valence electrons. The van der Waals surface area contributed by atoms with Crippen LogP contribution in [0.15, 0.2) is 6.33 Å². The molecule has 0 aromatic carbocycles. The monoisotopic (exact) mass is 241 g/mol. The average Bonchev–Trinajstić information content (AvgIpc) is 3.09. The third-order valence-corrected chi connectivity index (χ3v) is 3.15. The first kappa shape index (κ1) is 11.6. The second-order valence-corrected chi connectivity index (χ2v) is 4.33. The van der Waals surface area contributed by atoms with Crippen LogP contribution in [0.1, 0.15) is 25.3 Å². The number of aromatic nitrogens is 2. The summed E-state index contributed by atoms with van der Waals surface area (Å²) >= 11 is 6.06. The largest absolute Gasteiger partial charge is 0.395 e. The van der Waals surface area contributed by atoms with Crippen molar-refractivity contribution in [3.63, 3.8) is 0 Å². The highest BCUT2D eigenvalue weighted by atomic mass is 35.5. The van der Waals surface area contributed by atoms with E-state index in [1.165, 1.54) is 19.2 Å². The molecule has 1 heterocycles. The van der Waals surface area contributed by atoms with E-state index in [1.54, 1.807) is 0 Å². The molecule has 0 radical (unpaired) electrons. The molecule has 0 unspecified atom stereocenters. The summed E-state index contributed by atoms with van der Waals surface area (Å²) in [5, 5.41) is 9.61. The van der Waals surface area contributed by atoms with Crippen molar-refractivity contribution in [3.8, 4) is 0 Å². The van der Waals surface area contributed by atoms with Crippen LogP contribution in [0.25, 0.3) is 0 Å². The van der Waals surface area contributed by atoms with Crippen LogP contribution >= 0.6 is 11.6 Å². The molecule has 1 N–H and O–H groups in total. The standard InChI is InChI=1S/C11H16ClN3O/c1-2-9-10(12)13-7-14-11(9)15(5-6-16)8-3-4-8/h7-8,16H,2-6H2,1H3. The van der Waals surface area contributed by atoms with Crippen LogP contribution in [-0.4, -0.2) is 34.3 Å². The fourth-order valence-corrected chi connectivity index (χ4v) is 2.15. The lowest BCUT2D eigenvalue weighted by atomic mass is 10.2. The van der Waals surface area contributed by atoms with E-state index in [2.05, 4.69) is 14.9 Å². The van der Waals surface area contributed by atoms with Crippen LogP contribution in [0.3, 0.4) is 0 Å². The van der Waals surface area contributed by atoms with E-state index in [9.17, 15) is 0 Å². The predicted octanol–water partition coefficient (Wildman–Crippen LogP) is 1.65. The average molecular weight is 242 g/mol. The summed E-state index contributed by atoms with van der Waals surface area (Å²) in [5.74, 6) is 0.888. The van der Waals surface area contributed by atoms with Gasteiger partial charge in [-0.1, -0.05) is 18.5 Å². The molecule has 16 heavy (non-hydrogen) atoms. The Morgan fingerprint density at radius 3 is 2.81 bits per heavy atom. The first-order valence-corrected chi connectivity index (χ1v) is 6.02. The van der Waals surface area contributed by atoms with Gasteiger partial charge in [-0.05, 0) is 19.3 Å². The van der Waals surface area contributed by atoms with Crippen molar-refractivity contribution in [3.05, 3.63) is 17.0 Å². The molecule has 2 rings (SSSR count). The minimum absolute atomic E-state index is 0.140. The first-order chi connectivity index (χ1) is 7.77. The smallest absolute Gasteiger partial charge is 0.137 e. The highest BCUT2D eigenvalue weighted by Gasteiger charge is 2.31. The van der Waals surface area contributed by atoms with Gasteiger partial charge >= 0.3 is 0 Å². The molecule has 0 saturated heterocycles. The SMILES string of the molecule is CCc1c(Cl)ncnc1N(CCO)C1CC1. The van der Waals surface area contributed by atoms with Gasteiger partial charge in [0.05, 0.1) is 6.61 Å². The Morgan fingerprint density at radius 2 is 2.25 bits per heavy atom. The maximum absolute atomic E-state index is 9.09. The van der Waals surface area contributed by atoms with Gasteiger partial charge in [0.15, 0.2) is 0 Å². The van der Waals surface area contributed by atoms with Crippen molar-refractivity contribution >= 4 is 17.4 Å². The Labute approximate surface area is 100 Å². The fourth-order valence-electron chi connectivity index (χ4n) is 1.89. The molecule has 0 bridgehead atoms. The Kier molecular flexibility index (Phi) is 3.61. The summed E-state index contributed by atoms with van der Waals surface area (Å²) in [6, 6.07) is 0.517. The van der Waals surface area contributed by atoms with Crippen LogP contribution in [0, 0.1) is 0 Å². The van der Waals surface area contributed by atoms with Crippen molar-refractivity contribution in [2.75, 3.05) is 18.1 Å². The van der Waals surface area contributed by atoms with Crippen LogP contribution in [0.4, 0.5) is 5.82 Å². The van der Waals surface area contributed by atoms with Gasteiger partial charge in [0, 0.05) is 18.2 Å². The molecule has 1 aromatic heterocycles. The first-order valence-electron chi connectivity index (χ1n) is 5.64. The van der Waals surface area contributed by atoms with Gasteiger partial charge in [-0.15, -0.1) is 0 Å². The third kappa shape index (κ3) is 2.28. The van der Waals surface area contributed by atoms with Crippen LogP contribution < -0.4 is 4.90 Å². The van der Waals surface area contributed by atoms with Crippen molar-refractivity contribution in [1.29, 1.82) is 0 Å². The molecule has 1 aliphatic rings. The van der Waals surface area contributed by atoms with E-state index in [4.69, 9.17) is 16.7 Å². The lowest BCUT2D eigenvalue weighted by molar-refractivity contribution is 0.301. The number of halogens is 1. The molecule has 1 aliphatic carbocycles. The summed E-state index contributed by atoms with van der Waals surface area (Å²) in [6.45, 7) is 2.80. The third-order valence-electron chi connectivity index (χ3n) is 2.82. The molecule has 1 saturated carbocycles. The summed E-state index contributed by atoms with van der Waals surface area (Å²) in [6.07, 6.45) is 4.64. The topological polar surface area (TPSA) is 49.2 Å². The number of nitrogens with zero attached hydrogens (tertiary/aromatic N) is 3. The van der Waals surface area contributed by atoms with Crippen molar-refractivity contribution in [2.45, 2.75) is 32.2 Å². The number of hydrogen-bond donors (Lipinski definition) is 1. The highest BCUT2D eigenvalue weighted by molar-refractivity contribution is 6.30. The second-order valence-electron chi connectivity index (χ2n) is 3.97. The quantitative estimate of drug-likeness (QED) is 0.797. The van der Waals surface area contributed by atoms with E-state index in [-0.39, 0.29) is 6.61 Å². The fraction of sp³-hybridized carbons (Fsp3) is 0.636. The van der Waals surface area contributed by atoms with Gasteiger partial charge in [-0.25, -0.2) is 9.97 Å². The number of aliphatic hydroxyl groups excluding tert-OH is 1. The Bertz CT molecular complexity index is 368. The van der Waals surface area contributed by atoms with Crippen molar-refractivity contribution < 1.29 is 5.11 Å². The van der Waals surface area contributed by atoms with E-state index in [0.717, 1.165) is 17.8 Å². The molecular formula is C11H16ClN3O. The van der Waals surface area contributed by atoms with Crippen molar-refractivity contribution in [1.82, 2.24) is 9.97 Å². The molecule has 0 atom stereocenters. The number of aliphatic hydroxyl groups is 1. The zero-order valence-electron chi connectivity index (χ0n) is 9.36. The minimum Gasteiger partial charge on any atom is -0.395 e. The lowest BCUT2D eigenvalue weighted by Crippen LogP contribution is -2.30. The molecule has 0 aliphatic heterocycles. The molecule has 0 amide bonds. The number of anilines is 1. The number of hydrogen-bond acceptors (Lipinski definition) is 4. The van der Waals surface area contributed by atoms with Crippen LogP contribution in [-0.2, 0) is 6.42 Å². The summed E-state index contributed by atoms with van der Waals surface area (Å²) in [4.78, 5) is 10.5. The second kappa shape index (κ2) is 4.97. The van der Waals surface area contributed by atoms with E-state index in [1.807, 2.05) is 6.92 Å². The zero-order valence-corrected chi connectivity index (χ0v) is 10.1. The highest BCUT2D eigenvalue weighted by Crippen LogP contribution is 2.33. The Balaban J connectivity index is 2.32. The summed E-state index contributed by atoms with van der Waals surface area (Å²) < 4.78 is 0. The Morgan fingerprint density at radius 1 is 1.50 bits per heavy atom. The number of rotatable bonds is 5. The molecular weight excluding hydrogens is 226 g/mol. The van der Waals surface area contributed by atoms with Crippen molar-refractivity contribution in [2.24, 2.45) is 0 Å². The van der Waals surface area contributed by atoms with Crippen LogP contribution in [0.2, 0.25) is 5.15 Å². The minimum atomic E-state index is 0.140. The van der Waals surface area contributed by atoms with E-state index < -0.39 is 0 Å². The van der Waals surface area contributed by atoms with Crippen LogP contribution in [0.5, 0.6) is 0 Å². The summed E-state index contributed by atoms with van der Waals surface area (Å²) in [7, 11) is 0. The van der Waals surface area contributed by atoms with E-state index >= 15 is 0 Å². The molecule has 5 heteroatoms. The van der Waals surface area contributed by atoms with Gasteiger partial charge in [0.1, 0.15) is 17.3 Å². The van der Waals surface area contributed by atoms with Gasteiger partial charge in [0.2, 0.25) is 0 Å². The maximum Gasteiger partial charge on any atom is 0.137 e. The molecule has 1 fully saturated rings. The predicted molar refractivity (Wildman–Crippen MR) is 63.9 cm³/mol. The normalized spacial score (nSPS) is 15.2. The van der Waals surface area contributed by atoms with Gasteiger partial charge in [-0.2, -0.15) is 0 Å².